The van der Waals surface area contributed by atoms with Crippen LogP contribution in [0.5, 0.6) is 0 Å². The quantitative estimate of drug-likeness (QED) is 0.884. The fraction of sp³-hybridized carbons (Fsp3) is 0.462. The van der Waals surface area contributed by atoms with Crippen LogP contribution in [0.3, 0.4) is 0 Å². The molecule has 0 spiro atoms. The maximum absolute atomic E-state index is 13.0. The minimum absolute atomic E-state index is 0. The summed E-state index contributed by atoms with van der Waals surface area (Å²) in [6, 6.07) is 3.98. The first-order chi connectivity index (χ1) is 9.16. The highest BCUT2D eigenvalue weighted by Crippen LogP contribution is 2.15. The molecule has 20 heavy (non-hydrogen) atoms. The van der Waals surface area contributed by atoms with Crippen LogP contribution in [0.1, 0.15) is 10.4 Å². The van der Waals surface area contributed by atoms with Crippen molar-refractivity contribution in [2.24, 2.45) is 0 Å². The normalized spacial score (nSPS) is 15.5. The number of hydrogen-bond donors (Lipinski definition) is 2. The molecular formula is C13H18Cl2FN3O. The summed E-state index contributed by atoms with van der Waals surface area (Å²) in [4.78, 5) is 14.1. The topological polar surface area (TPSA) is 44.4 Å². The summed E-state index contributed by atoms with van der Waals surface area (Å²) >= 11 is 5.64. The van der Waals surface area contributed by atoms with Crippen LogP contribution in [-0.4, -0.2) is 50.1 Å². The van der Waals surface area contributed by atoms with E-state index in [4.69, 9.17) is 11.6 Å². The summed E-state index contributed by atoms with van der Waals surface area (Å²) in [6.07, 6.45) is 0. The van der Waals surface area contributed by atoms with Crippen molar-refractivity contribution >= 4 is 29.9 Å². The summed E-state index contributed by atoms with van der Waals surface area (Å²) in [7, 11) is 0. The SMILES string of the molecule is Cl.O=C(NCCN1CCNCC1)c1ccc(F)c(Cl)c1. The van der Waals surface area contributed by atoms with Crippen molar-refractivity contribution in [3.63, 3.8) is 0 Å². The van der Waals surface area contributed by atoms with Gasteiger partial charge in [0.2, 0.25) is 0 Å². The lowest BCUT2D eigenvalue weighted by Gasteiger charge is -2.27. The van der Waals surface area contributed by atoms with Gasteiger partial charge < -0.3 is 10.6 Å². The second kappa shape index (κ2) is 8.42. The minimum atomic E-state index is -0.515. The maximum atomic E-state index is 13.0. The third-order valence-corrected chi connectivity index (χ3v) is 3.39. The van der Waals surface area contributed by atoms with Gasteiger partial charge in [0.25, 0.3) is 5.91 Å². The number of benzene rings is 1. The van der Waals surface area contributed by atoms with Gasteiger partial charge in [0.05, 0.1) is 5.02 Å². The number of amides is 1. The van der Waals surface area contributed by atoms with E-state index in [1.807, 2.05) is 0 Å². The predicted octanol–water partition coefficient (Wildman–Crippen LogP) is 1.54. The van der Waals surface area contributed by atoms with Crippen molar-refractivity contribution < 1.29 is 9.18 Å². The molecule has 1 fully saturated rings. The van der Waals surface area contributed by atoms with Crippen LogP contribution in [-0.2, 0) is 0 Å². The molecule has 0 bridgehead atoms. The Morgan fingerprint density at radius 3 is 2.75 bits per heavy atom. The second-order valence-electron chi connectivity index (χ2n) is 4.48. The Kier molecular flexibility index (Phi) is 7.23. The molecule has 0 atom stereocenters. The number of halogens is 3. The highest BCUT2D eigenvalue weighted by molar-refractivity contribution is 6.31. The smallest absolute Gasteiger partial charge is 0.251 e. The van der Waals surface area contributed by atoms with Gasteiger partial charge in [-0.1, -0.05) is 11.6 Å². The highest BCUT2D eigenvalue weighted by Gasteiger charge is 2.11. The molecule has 112 valence electrons. The molecule has 1 aliphatic heterocycles. The molecule has 4 nitrogen and oxygen atoms in total. The van der Waals surface area contributed by atoms with Gasteiger partial charge >= 0.3 is 0 Å². The average Bonchev–Trinajstić information content (AvgIpc) is 2.43. The Morgan fingerprint density at radius 1 is 1.40 bits per heavy atom. The molecule has 2 rings (SSSR count). The molecule has 0 aliphatic carbocycles. The van der Waals surface area contributed by atoms with Gasteiger partial charge in [0.15, 0.2) is 0 Å². The monoisotopic (exact) mass is 321 g/mol. The van der Waals surface area contributed by atoms with E-state index in [1.165, 1.54) is 18.2 Å². The Morgan fingerprint density at radius 2 is 2.10 bits per heavy atom. The Bertz CT molecular complexity index is 453. The van der Waals surface area contributed by atoms with Crippen molar-refractivity contribution in [2.75, 3.05) is 39.3 Å². The van der Waals surface area contributed by atoms with Crippen LogP contribution < -0.4 is 10.6 Å². The van der Waals surface area contributed by atoms with E-state index >= 15 is 0 Å². The van der Waals surface area contributed by atoms with Crippen molar-refractivity contribution in [1.82, 2.24) is 15.5 Å². The molecule has 1 aromatic carbocycles. The molecule has 1 amide bonds. The molecule has 0 aromatic heterocycles. The number of carbonyl (C=O) groups excluding carboxylic acids is 1. The van der Waals surface area contributed by atoms with Gasteiger partial charge in [-0.2, -0.15) is 0 Å². The lowest BCUT2D eigenvalue weighted by atomic mass is 10.2. The number of carbonyl (C=O) groups is 1. The molecule has 1 saturated heterocycles. The number of nitrogens with zero attached hydrogens (tertiary/aromatic N) is 1. The molecule has 2 N–H and O–H groups in total. The number of piperazine rings is 1. The molecular weight excluding hydrogens is 304 g/mol. The van der Waals surface area contributed by atoms with E-state index in [2.05, 4.69) is 15.5 Å². The first kappa shape index (κ1) is 17.2. The summed E-state index contributed by atoms with van der Waals surface area (Å²) in [5.74, 6) is -0.740. The third kappa shape index (κ3) is 4.90. The van der Waals surface area contributed by atoms with Crippen LogP contribution in [0.25, 0.3) is 0 Å². The third-order valence-electron chi connectivity index (χ3n) is 3.10. The van der Waals surface area contributed by atoms with E-state index in [9.17, 15) is 9.18 Å². The minimum Gasteiger partial charge on any atom is -0.351 e. The highest BCUT2D eigenvalue weighted by atomic mass is 35.5. The summed E-state index contributed by atoms with van der Waals surface area (Å²) in [5.41, 5.74) is 0.381. The number of hydrogen-bond acceptors (Lipinski definition) is 3. The number of rotatable bonds is 4. The van der Waals surface area contributed by atoms with Gasteiger partial charge in [0.1, 0.15) is 5.82 Å². The van der Waals surface area contributed by atoms with E-state index < -0.39 is 5.82 Å². The second-order valence-corrected chi connectivity index (χ2v) is 4.88. The molecule has 0 saturated carbocycles. The van der Waals surface area contributed by atoms with Crippen LogP contribution in [0, 0.1) is 5.82 Å². The zero-order chi connectivity index (χ0) is 13.7. The van der Waals surface area contributed by atoms with Crippen molar-refractivity contribution in [3.8, 4) is 0 Å². The Labute approximate surface area is 129 Å². The first-order valence-electron chi connectivity index (χ1n) is 6.33. The largest absolute Gasteiger partial charge is 0.351 e. The van der Waals surface area contributed by atoms with Crippen LogP contribution >= 0.6 is 24.0 Å². The van der Waals surface area contributed by atoms with Gasteiger partial charge in [-0.3, -0.25) is 9.69 Å². The lowest BCUT2D eigenvalue weighted by molar-refractivity contribution is 0.0947. The summed E-state index contributed by atoms with van der Waals surface area (Å²) in [6.45, 7) is 5.37. The Hall–Kier alpha value is -0.880. The number of nitrogens with one attached hydrogen (secondary N) is 2. The first-order valence-corrected chi connectivity index (χ1v) is 6.71. The van der Waals surface area contributed by atoms with Gasteiger partial charge in [-0.05, 0) is 18.2 Å². The van der Waals surface area contributed by atoms with Crippen LogP contribution in [0.4, 0.5) is 4.39 Å². The standard InChI is InChI=1S/C13H17ClFN3O.ClH/c14-11-9-10(1-2-12(11)15)13(19)17-5-8-18-6-3-16-4-7-18;/h1-2,9,16H,3-8H2,(H,17,19);1H. The maximum Gasteiger partial charge on any atom is 0.251 e. The van der Waals surface area contributed by atoms with Crippen LogP contribution in [0.2, 0.25) is 5.02 Å². The van der Waals surface area contributed by atoms with Crippen molar-refractivity contribution in [1.29, 1.82) is 0 Å². The molecule has 1 aliphatic rings. The Balaban J connectivity index is 0.00000200. The summed E-state index contributed by atoms with van der Waals surface area (Å²) in [5, 5.41) is 6.05. The van der Waals surface area contributed by atoms with Gasteiger partial charge in [-0.15, -0.1) is 12.4 Å². The fourth-order valence-corrected chi connectivity index (χ4v) is 2.18. The molecule has 7 heteroatoms. The zero-order valence-electron chi connectivity index (χ0n) is 11.0. The van der Waals surface area contributed by atoms with Crippen LogP contribution in [0.15, 0.2) is 18.2 Å². The predicted molar refractivity (Wildman–Crippen MR) is 80.3 cm³/mol. The average molecular weight is 322 g/mol. The van der Waals surface area contributed by atoms with E-state index in [1.54, 1.807) is 0 Å². The van der Waals surface area contributed by atoms with E-state index in [-0.39, 0.29) is 23.3 Å². The van der Waals surface area contributed by atoms with Gasteiger partial charge in [0, 0.05) is 44.8 Å². The van der Waals surface area contributed by atoms with E-state index in [0.717, 1.165) is 32.7 Å². The van der Waals surface area contributed by atoms with E-state index in [0.29, 0.717) is 12.1 Å². The fourth-order valence-electron chi connectivity index (χ4n) is 2.00. The molecule has 1 aromatic rings. The van der Waals surface area contributed by atoms with Gasteiger partial charge in [-0.25, -0.2) is 4.39 Å². The van der Waals surface area contributed by atoms with Crippen molar-refractivity contribution in [3.05, 3.63) is 34.6 Å². The lowest BCUT2D eigenvalue weighted by Crippen LogP contribution is -2.46. The molecule has 0 unspecified atom stereocenters. The summed E-state index contributed by atoms with van der Waals surface area (Å²) < 4.78 is 13.0. The molecule has 0 radical (unpaired) electrons. The molecule has 1 heterocycles. The van der Waals surface area contributed by atoms with Crippen molar-refractivity contribution in [2.45, 2.75) is 0 Å². The zero-order valence-corrected chi connectivity index (χ0v) is 12.6.